The molecule has 0 aliphatic heterocycles. The zero-order chi connectivity index (χ0) is 14.7. The van der Waals surface area contributed by atoms with Gasteiger partial charge in [0.25, 0.3) is 0 Å². The lowest BCUT2D eigenvalue weighted by atomic mass is 10.2. The van der Waals surface area contributed by atoms with Gasteiger partial charge in [0, 0.05) is 21.3 Å². The van der Waals surface area contributed by atoms with E-state index in [0.717, 1.165) is 0 Å². The Hall–Kier alpha value is -1.91. The van der Waals surface area contributed by atoms with Crippen LogP contribution in [0.15, 0.2) is 36.4 Å². The fraction of sp³-hybridized carbons (Fsp3) is 0.0714. The fourth-order valence-electron chi connectivity index (χ4n) is 1.63. The number of carboxylic acid groups (broad SMARTS) is 1. The van der Waals surface area contributed by atoms with Gasteiger partial charge in [-0.1, -0.05) is 29.3 Å². The molecule has 0 aliphatic rings. The van der Waals surface area contributed by atoms with Gasteiger partial charge in [-0.05, 0) is 30.3 Å². The molecule has 0 unspecified atom stereocenters. The third kappa shape index (κ3) is 3.35. The topological polar surface area (TPSA) is 72.5 Å². The molecule has 3 N–H and O–H groups in total. The minimum atomic E-state index is -1.10. The number of rotatable bonds is 4. The highest BCUT2D eigenvalue weighted by atomic mass is 35.5. The van der Waals surface area contributed by atoms with E-state index in [1.807, 2.05) is 0 Å². The van der Waals surface area contributed by atoms with Crippen molar-refractivity contribution in [1.29, 1.82) is 0 Å². The largest absolute Gasteiger partial charge is 0.488 e. The molecule has 0 fully saturated rings. The number of benzene rings is 2. The van der Waals surface area contributed by atoms with E-state index in [-0.39, 0.29) is 17.9 Å². The van der Waals surface area contributed by atoms with Crippen LogP contribution in [0.3, 0.4) is 0 Å². The van der Waals surface area contributed by atoms with Gasteiger partial charge in [0.15, 0.2) is 0 Å². The molecule has 0 heterocycles. The van der Waals surface area contributed by atoms with Gasteiger partial charge in [-0.25, -0.2) is 4.79 Å². The zero-order valence-corrected chi connectivity index (χ0v) is 11.8. The third-order valence-corrected chi connectivity index (χ3v) is 3.22. The molecule has 0 bridgehead atoms. The number of nitrogen functional groups attached to an aromatic ring is 1. The van der Waals surface area contributed by atoms with Gasteiger partial charge in [0.2, 0.25) is 0 Å². The van der Waals surface area contributed by atoms with E-state index in [2.05, 4.69) is 0 Å². The smallest absolute Gasteiger partial charge is 0.339 e. The maximum atomic E-state index is 11.1. The molecule has 2 aromatic carbocycles. The van der Waals surface area contributed by atoms with E-state index >= 15 is 0 Å². The van der Waals surface area contributed by atoms with Crippen molar-refractivity contribution in [3.8, 4) is 5.75 Å². The fourth-order valence-corrected chi connectivity index (χ4v) is 2.10. The summed E-state index contributed by atoms with van der Waals surface area (Å²) < 4.78 is 5.50. The summed E-state index contributed by atoms with van der Waals surface area (Å²) in [5, 5.41) is 10.1. The van der Waals surface area contributed by atoms with Crippen molar-refractivity contribution in [2.75, 3.05) is 5.73 Å². The highest BCUT2D eigenvalue weighted by Crippen LogP contribution is 2.25. The molecule has 4 nitrogen and oxygen atoms in total. The Kier molecular flexibility index (Phi) is 4.37. The number of hydrogen-bond donors (Lipinski definition) is 2. The van der Waals surface area contributed by atoms with E-state index in [9.17, 15) is 4.79 Å². The Balaban J connectivity index is 2.20. The van der Waals surface area contributed by atoms with Crippen LogP contribution in [0.25, 0.3) is 0 Å². The van der Waals surface area contributed by atoms with Crippen molar-refractivity contribution in [1.82, 2.24) is 0 Å². The van der Waals surface area contributed by atoms with Crippen LogP contribution in [0.1, 0.15) is 15.9 Å². The van der Waals surface area contributed by atoms with Crippen LogP contribution in [0.2, 0.25) is 10.0 Å². The Morgan fingerprint density at radius 3 is 2.60 bits per heavy atom. The number of ether oxygens (including phenoxy) is 1. The summed E-state index contributed by atoms with van der Waals surface area (Å²) in [4.78, 5) is 11.1. The normalized spacial score (nSPS) is 10.3. The van der Waals surface area contributed by atoms with Crippen molar-refractivity contribution in [3.63, 3.8) is 0 Å². The van der Waals surface area contributed by atoms with Crippen LogP contribution in [-0.4, -0.2) is 11.1 Å². The van der Waals surface area contributed by atoms with Crippen molar-refractivity contribution < 1.29 is 14.6 Å². The van der Waals surface area contributed by atoms with E-state index in [4.69, 9.17) is 38.8 Å². The van der Waals surface area contributed by atoms with Gasteiger partial charge < -0.3 is 15.6 Å². The molecule has 0 saturated heterocycles. The summed E-state index contributed by atoms with van der Waals surface area (Å²) in [5.41, 5.74) is 6.64. The van der Waals surface area contributed by atoms with Gasteiger partial charge in [-0.2, -0.15) is 0 Å². The number of aromatic carboxylic acids is 1. The van der Waals surface area contributed by atoms with Crippen molar-refractivity contribution in [3.05, 3.63) is 57.6 Å². The number of hydrogen-bond acceptors (Lipinski definition) is 3. The monoisotopic (exact) mass is 311 g/mol. The maximum Gasteiger partial charge on any atom is 0.339 e. The molecular weight excluding hydrogens is 301 g/mol. The first kappa shape index (κ1) is 14.5. The Bertz CT molecular complexity index is 659. The second-order valence-electron chi connectivity index (χ2n) is 4.09. The van der Waals surface area contributed by atoms with Crippen LogP contribution in [0.4, 0.5) is 5.69 Å². The molecular formula is C14H11Cl2NO3. The summed E-state index contributed by atoms with van der Waals surface area (Å²) in [6.07, 6.45) is 0. The van der Waals surface area contributed by atoms with Gasteiger partial charge in [-0.15, -0.1) is 0 Å². The standard InChI is InChI=1S/C14H11Cl2NO3/c15-9-2-1-8(12(16)5-9)7-20-13-4-3-10(17)6-11(13)14(18)19/h1-6H,7,17H2,(H,18,19). The van der Waals surface area contributed by atoms with E-state index in [0.29, 0.717) is 21.3 Å². The predicted octanol–water partition coefficient (Wildman–Crippen LogP) is 3.85. The minimum absolute atomic E-state index is 0.00934. The quantitative estimate of drug-likeness (QED) is 0.841. The van der Waals surface area contributed by atoms with Gasteiger partial charge in [0.05, 0.1) is 0 Å². The molecule has 20 heavy (non-hydrogen) atoms. The number of carbonyl (C=O) groups is 1. The minimum Gasteiger partial charge on any atom is -0.488 e. The number of nitrogens with two attached hydrogens (primary N) is 1. The van der Waals surface area contributed by atoms with E-state index < -0.39 is 5.97 Å². The SMILES string of the molecule is Nc1ccc(OCc2ccc(Cl)cc2Cl)c(C(=O)O)c1. The first-order chi connectivity index (χ1) is 9.47. The van der Waals surface area contributed by atoms with Crippen molar-refractivity contribution >= 4 is 34.9 Å². The van der Waals surface area contributed by atoms with Crippen LogP contribution in [0, 0.1) is 0 Å². The maximum absolute atomic E-state index is 11.1. The Morgan fingerprint density at radius 1 is 1.20 bits per heavy atom. The van der Waals surface area contributed by atoms with Crippen molar-refractivity contribution in [2.45, 2.75) is 6.61 Å². The van der Waals surface area contributed by atoms with E-state index in [1.165, 1.54) is 12.1 Å². The Labute approximate surface area is 125 Å². The molecule has 2 rings (SSSR count). The summed E-state index contributed by atoms with van der Waals surface area (Å²) in [6.45, 7) is 0.139. The van der Waals surface area contributed by atoms with Crippen LogP contribution in [-0.2, 0) is 6.61 Å². The molecule has 0 spiro atoms. The van der Waals surface area contributed by atoms with Crippen LogP contribution in [0.5, 0.6) is 5.75 Å². The van der Waals surface area contributed by atoms with Gasteiger partial charge in [0.1, 0.15) is 17.9 Å². The summed E-state index contributed by atoms with van der Waals surface area (Å²) in [6, 6.07) is 9.45. The Morgan fingerprint density at radius 2 is 1.95 bits per heavy atom. The summed E-state index contributed by atoms with van der Waals surface area (Å²) in [5.74, 6) is -0.868. The zero-order valence-electron chi connectivity index (χ0n) is 10.3. The predicted molar refractivity (Wildman–Crippen MR) is 78.6 cm³/mol. The molecule has 2 aromatic rings. The second kappa shape index (κ2) is 6.03. The number of carboxylic acids is 1. The molecule has 6 heteroatoms. The van der Waals surface area contributed by atoms with Crippen molar-refractivity contribution in [2.24, 2.45) is 0 Å². The average molecular weight is 312 g/mol. The first-order valence-corrected chi connectivity index (χ1v) is 6.42. The average Bonchev–Trinajstić information content (AvgIpc) is 2.38. The lowest BCUT2D eigenvalue weighted by Gasteiger charge is -2.11. The summed E-state index contributed by atoms with van der Waals surface area (Å²) >= 11 is 11.8. The first-order valence-electron chi connectivity index (χ1n) is 5.67. The molecule has 0 amide bonds. The number of halogens is 2. The highest BCUT2D eigenvalue weighted by molar-refractivity contribution is 6.35. The lowest BCUT2D eigenvalue weighted by molar-refractivity contribution is 0.0692. The van der Waals surface area contributed by atoms with Crippen LogP contribution >= 0.6 is 23.2 Å². The summed E-state index contributed by atoms with van der Waals surface area (Å²) in [7, 11) is 0. The molecule has 0 aromatic heterocycles. The third-order valence-electron chi connectivity index (χ3n) is 2.63. The number of anilines is 1. The molecule has 104 valence electrons. The van der Waals surface area contributed by atoms with Gasteiger partial charge >= 0.3 is 5.97 Å². The van der Waals surface area contributed by atoms with Crippen LogP contribution < -0.4 is 10.5 Å². The molecule has 0 atom stereocenters. The van der Waals surface area contributed by atoms with E-state index in [1.54, 1.807) is 24.3 Å². The molecule has 0 saturated carbocycles. The highest BCUT2D eigenvalue weighted by Gasteiger charge is 2.12. The molecule has 0 aliphatic carbocycles. The second-order valence-corrected chi connectivity index (χ2v) is 4.93. The molecule has 0 radical (unpaired) electrons. The van der Waals surface area contributed by atoms with Gasteiger partial charge in [-0.3, -0.25) is 0 Å². The lowest BCUT2D eigenvalue weighted by Crippen LogP contribution is -2.04.